The van der Waals surface area contributed by atoms with Gasteiger partial charge in [0, 0.05) is 24.9 Å². The van der Waals surface area contributed by atoms with Crippen molar-refractivity contribution in [3.8, 4) is 5.75 Å². The van der Waals surface area contributed by atoms with Crippen molar-refractivity contribution in [3.63, 3.8) is 0 Å². The number of rotatable bonds is 7. The highest BCUT2D eigenvalue weighted by Crippen LogP contribution is 2.44. The summed E-state index contributed by atoms with van der Waals surface area (Å²) in [5.41, 5.74) is 6.67. The number of fused-ring (bicyclic) bond motifs is 1. The third-order valence-corrected chi connectivity index (χ3v) is 6.90. The minimum absolute atomic E-state index is 0.133. The molecule has 0 amide bonds. The Kier molecular flexibility index (Phi) is 7.25. The number of anilines is 1. The third-order valence-electron chi connectivity index (χ3n) is 6.90. The van der Waals surface area contributed by atoms with Crippen LogP contribution in [0.3, 0.4) is 0 Å². The molecule has 1 heterocycles. The Bertz CT molecular complexity index is 1140. The minimum atomic E-state index is -0.533. The van der Waals surface area contributed by atoms with Gasteiger partial charge in [0.15, 0.2) is 0 Å². The van der Waals surface area contributed by atoms with E-state index < -0.39 is 5.60 Å². The van der Waals surface area contributed by atoms with E-state index in [2.05, 4.69) is 108 Å². The lowest BCUT2D eigenvalue weighted by Crippen LogP contribution is -2.50. The molecule has 0 saturated heterocycles. The van der Waals surface area contributed by atoms with Crippen LogP contribution in [0.5, 0.6) is 5.75 Å². The van der Waals surface area contributed by atoms with Gasteiger partial charge in [-0.2, -0.15) is 0 Å². The first-order chi connectivity index (χ1) is 16.6. The van der Waals surface area contributed by atoms with Crippen molar-refractivity contribution < 1.29 is 14.2 Å². The fourth-order valence-corrected chi connectivity index (χ4v) is 4.67. The quantitative estimate of drug-likeness (QED) is 0.389. The highest BCUT2D eigenvalue weighted by molar-refractivity contribution is 5.54. The Hall–Kier alpha value is -2.82. The van der Waals surface area contributed by atoms with Gasteiger partial charge in [-0.25, -0.2) is 0 Å². The van der Waals surface area contributed by atoms with E-state index in [1.54, 1.807) is 7.11 Å². The Morgan fingerprint density at radius 1 is 0.971 bits per heavy atom. The number of aryl methyl sites for hydroxylation is 1. The number of ether oxygens (including phenoxy) is 3. The lowest BCUT2D eigenvalue weighted by molar-refractivity contribution is -0.159. The molecule has 0 saturated carbocycles. The van der Waals surface area contributed by atoms with Crippen LogP contribution >= 0.6 is 0 Å². The van der Waals surface area contributed by atoms with Crippen molar-refractivity contribution in [2.75, 3.05) is 12.4 Å². The van der Waals surface area contributed by atoms with Crippen LogP contribution < -0.4 is 10.1 Å². The van der Waals surface area contributed by atoms with E-state index in [0.29, 0.717) is 6.61 Å². The van der Waals surface area contributed by atoms with Crippen LogP contribution in [0.1, 0.15) is 68.5 Å². The second kappa shape index (κ2) is 10.0. The lowest BCUT2D eigenvalue weighted by atomic mass is 9.86. The summed E-state index contributed by atoms with van der Waals surface area (Å²) < 4.78 is 18.9. The van der Waals surface area contributed by atoms with Gasteiger partial charge in [-0.1, -0.05) is 69.3 Å². The van der Waals surface area contributed by atoms with Gasteiger partial charge in [-0.05, 0) is 66.6 Å². The molecular formula is C31H39NO3. The van der Waals surface area contributed by atoms with Crippen molar-refractivity contribution in [2.24, 2.45) is 0 Å². The standard InChI is InChI=1S/C31H39NO3/c1-21-10-8-9-11-23(21)19-32-25-16-17-27-26(18-25)28(33-7)29(31(5,6)35-27)34-20-22-12-14-24(15-13-22)30(2,3)4/h8-18,28-29,32H,19-20H2,1-7H3. The van der Waals surface area contributed by atoms with Crippen LogP contribution in [0, 0.1) is 6.92 Å². The van der Waals surface area contributed by atoms with E-state index in [4.69, 9.17) is 14.2 Å². The zero-order valence-corrected chi connectivity index (χ0v) is 22.1. The molecule has 3 aromatic rings. The van der Waals surface area contributed by atoms with Crippen molar-refractivity contribution in [1.29, 1.82) is 0 Å². The summed E-state index contributed by atoms with van der Waals surface area (Å²) in [6.45, 7) is 14.2. The molecule has 4 rings (SSSR count). The third kappa shape index (κ3) is 5.71. The molecule has 1 aliphatic heterocycles. The Morgan fingerprint density at radius 3 is 2.34 bits per heavy atom. The predicted molar refractivity (Wildman–Crippen MR) is 143 cm³/mol. The second-order valence-corrected chi connectivity index (χ2v) is 11.1. The van der Waals surface area contributed by atoms with E-state index in [1.807, 2.05) is 6.07 Å². The van der Waals surface area contributed by atoms with Gasteiger partial charge in [-0.3, -0.25) is 0 Å². The monoisotopic (exact) mass is 473 g/mol. The smallest absolute Gasteiger partial charge is 0.132 e. The molecule has 2 atom stereocenters. The topological polar surface area (TPSA) is 39.7 Å². The highest BCUT2D eigenvalue weighted by atomic mass is 16.6. The Balaban J connectivity index is 1.51. The van der Waals surface area contributed by atoms with Gasteiger partial charge in [0.2, 0.25) is 0 Å². The first-order valence-corrected chi connectivity index (χ1v) is 12.4. The van der Waals surface area contributed by atoms with E-state index in [0.717, 1.165) is 29.1 Å². The summed E-state index contributed by atoms with van der Waals surface area (Å²) in [6, 6.07) is 23.4. The normalized spacial score (nSPS) is 19.1. The summed E-state index contributed by atoms with van der Waals surface area (Å²) in [6.07, 6.45) is -0.489. The van der Waals surface area contributed by atoms with E-state index in [-0.39, 0.29) is 17.6 Å². The van der Waals surface area contributed by atoms with Crippen LogP contribution in [-0.2, 0) is 28.0 Å². The molecule has 35 heavy (non-hydrogen) atoms. The average molecular weight is 474 g/mol. The van der Waals surface area contributed by atoms with Crippen molar-refractivity contribution in [2.45, 2.75) is 77.9 Å². The van der Waals surface area contributed by atoms with Gasteiger partial charge >= 0.3 is 0 Å². The molecule has 0 fully saturated rings. The van der Waals surface area contributed by atoms with E-state index >= 15 is 0 Å². The minimum Gasteiger partial charge on any atom is -0.485 e. The summed E-state index contributed by atoms with van der Waals surface area (Å²) in [5.74, 6) is 0.845. The van der Waals surface area contributed by atoms with Crippen molar-refractivity contribution in [3.05, 3.63) is 94.5 Å². The number of methoxy groups -OCH3 is 1. The summed E-state index contributed by atoms with van der Waals surface area (Å²) in [4.78, 5) is 0. The first kappa shape index (κ1) is 25.3. The molecule has 0 aliphatic carbocycles. The molecule has 0 bridgehead atoms. The number of nitrogens with one attached hydrogen (secondary N) is 1. The van der Waals surface area contributed by atoms with Gasteiger partial charge in [-0.15, -0.1) is 0 Å². The predicted octanol–water partition coefficient (Wildman–Crippen LogP) is 7.35. The zero-order valence-electron chi connectivity index (χ0n) is 22.1. The van der Waals surface area contributed by atoms with Crippen LogP contribution in [0.25, 0.3) is 0 Å². The molecule has 0 aromatic heterocycles. The molecule has 3 aromatic carbocycles. The van der Waals surface area contributed by atoms with Gasteiger partial charge in [0.1, 0.15) is 23.6 Å². The van der Waals surface area contributed by atoms with Crippen LogP contribution in [-0.4, -0.2) is 18.8 Å². The molecule has 4 heteroatoms. The van der Waals surface area contributed by atoms with Gasteiger partial charge in [0.05, 0.1) is 6.61 Å². The first-order valence-electron chi connectivity index (χ1n) is 12.4. The van der Waals surface area contributed by atoms with E-state index in [1.165, 1.54) is 16.7 Å². The molecule has 0 spiro atoms. The van der Waals surface area contributed by atoms with Crippen molar-refractivity contribution in [1.82, 2.24) is 0 Å². The number of hydrogen-bond donors (Lipinski definition) is 1. The molecule has 186 valence electrons. The molecule has 0 radical (unpaired) electrons. The molecule has 2 unspecified atom stereocenters. The average Bonchev–Trinajstić information content (AvgIpc) is 2.81. The maximum Gasteiger partial charge on any atom is 0.132 e. The maximum absolute atomic E-state index is 6.48. The van der Waals surface area contributed by atoms with Crippen LogP contribution in [0.2, 0.25) is 0 Å². The summed E-state index contributed by atoms with van der Waals surface area (Å²) in [7, 11) is 1.75. The zero-order chi connectivity index (χ0) is 25.2. The van der Waals surface area contributed by atoms with Crippen molar-refractivity contribution >= 4 is 5.69 Å². The second-order valence-electron chi connectivity index (χ2n) is 11.1. The van der Waals surface area contributed by atoms with Gasteiger partial charge < -0.3 is 19.5 Å². The van der Waals surface area contributed by atoms with E-state index in [9.17, 15) is 0 Å². The summed E-state index contributed by atoms with van der Waals surface area (Å²) >= 11 is 0. The molecule has 4 nitrogen and oxygen atoms in total. The van der Waals surface area contributed by atoms with Gasteiger partial charge in [0.25, 0.3) is 0 Å². The lowest BCUT2D eigenvalue weighted by Gasteiger charge is -2.44. The fourth-order valence-electron chi connectivity index (χ4n) is 4.67. The Morgan fingerprint density at radius 2 is 1.69 bits per heavy atom. The summed E-state index contributed by atoms with van der Waals surface area (Å²) in [5, 5.41) is 3.56. The van der Waals surface area contributed by atoms with Crippen LogP contribution in [0.4, 0.5) is 5.69 Å². The SMILES string of the molecule is COC1c2cc(NCc3ccccc3C)ccc2OC(C)(C)C1OCc1ccc(C(C)(C)C)cc1. The number of hydrogen-bond acceptors (Lipinski definition) is 4. The Labute approximate surface area is 210 Å². The highest BCUT2D eigenvalue weighted by Gasteiger charge is 2.45. The number of benzene rings is 3. The molecule has 1 aliphatic rings. The fraction of sp³-hybridized carbons (Fsp3) is 0.419. The van der Waals surface area contributed by atoms with Crippen LogP contribution in [0.15, 0.2) is 66.7 Å². The molecule has 1 N–H and O–H groups in total. The largest absolute Gasteiger partial charge is 0.485 e. The molecular weight excluding hydrogens is 434 g/mol. The maximum atomic E-state index is 6.48.